The molecule has 3 aromatic carbocycles. The molecule has 3 heterocycles. The number of aromatic hydroxyl groups is 3. The molecule has 63 heavy (non-hydrogen) atoms. The van der Waals surface area contributed by atoms with Crippen LogP contribution in [0.5, 0.6) is 23.0 Å². The number of phenolic OH excluding ortho intramolecular Hbond substituents is 3. The number of hydrogen-bond donors (Lipinski definition) is 6. The number of ether oxygens (including phenoxy) is 4. The van der Waals surface area contributed by atoms with Crippen LogP contribution < -0.4 is 10.1 Å². The molecule has 9 atom stereocenters. The molecule has 0 fully saturated rings. The number of methoxy groups -OCH3 is 1. The Kier molecular flexibility index (Phi) is 15.1. The molecule has 15 nitrogen and oxygen atoms in total. The van der Waals surface area contributed by atoms with E-state index in [9.17, 15) is 39.9 Å². The number of amides is 1. The van der Waals surface area contributed by atoms with Gasteiger partial charge < -0.3 is 54.6 Å². The highest BCUT2D eigenvalue weighted by atomic mass is 16.7. The van der Waals surface area contributed by atoms with Crippen LogP contribution in [0.3, 0.4) is 0 Å². The van der Waals surface area contributed by atoms with Crippen molar-refractivity contribution in [2.45, 2.75) is 99.1 Å². The molecular formula is C48H58N2O13. The number of hydrogen-bond acceptors (Lipinski definition) is 14. The second-order valence-electron chi connectivity index (χ2n) is 16.4. The van der Waals surface area contributed by atoms with Gasteiger partial charge in [0, 0.05) is 66.7 Å². The highest BCUT2D eigenvalue weighted by molar-refractivity contribution is 6.23. The largest absolute Gasteiger partial charge is 0.507 e. The number of ketones is 1. The molecule has 1 amide bonds. The van der Waals surface area contributed by atoms with Crippen molar-refractivity contribution in [3.05, 3.63) is 94.8 Å². The van der Waals surface area contributed by atoms with Crippen LogP contribution in [0.2, 0.25) is 0 Å². The number of nitrogens with zero attached hydrogens (tertiary/aromatic N) is 1. The predicted molar refractivity (Wildman–Crippen MR) is 237 cm³/mol. The number of phenols is 3. The minimum absolute atomic E-state index is 0.0356. The van der Waals surface area contributed by atoms with Crippen molar-refractivity contribution in [3.8, 4) is 23.0 Å². The van der Waals surface area contributed by atoms with E-state index in [4.69, 9.17) is 23.8 Å². The number of carbonyl (C=O) groups excluding carboxylic acids is 3. The zero-order chi connectivity index (χ0) is 46.5. The molecule has 9 unspecified atom stereocenters. The fraction of sp³-hybridized carbons (Fsp3) is 0.417. The van der Waals surface area contributed by atoms with Gasteiger partial charge in [0.2, 0.25) is 0 Å². The Labute approximate surface area is 367 Å². The maximum absolute atomic E-state index is 14.5. The van der Waals surface area contributed by atoms with E-state index in [1.54, 1.807) is 46.8 Å². The number of fused-ring (bicyclic) bond motifs is 14. The van der Waals surface area contributed by atoms with Crippen molar-refractivity contribution in [2.75, 3.05) is 12.4 Å². The summed E-state index contributed by atoms with van der Waals surface area (Å²) in [5.41, 5.74) is 0.758. The van der Waals surface area contributed by atoms with E-state index in [-0.39, 0.29) is 51.1 Å². The smallest absolute Gasteiger partial charge is 0.312 e. The zero-order valence-corrected chi connectivity index (χ0v) is 37.2. The van der Waals surface area contributed by atoms with Gasteiger partial charge in [0.05, 0.1) is 46.9 Å². The molecule has 3 aliphatic heterocycles. The topological polar surface area (TPSA) is 223 Å². The molecule has 0 aromatic heterocycles. The van der Waals surface area contributed by atoms with Crippen molar-refractivity contribution < 1.29 is 63.7 Å². The second-order valence-corrected chi connectivity index (χ2v) is 16.4. The molecule has 0 saturated heterocycles. The Morgan fingerprint density at radius 2 is 1.60 bits per heavy atom. The molecule has 0 saturated carbocycles. The Balaban J connectivity index is 1.68. The van der Waals surface area contributed by atoms with Gasteiger partial charge in [-0.05, 0) is 44.6 Å². The van der Waals surface area contributed by atoms with Crippen molar-refractivity contribution >= 4 is 45.9 Å². The highest BCUT2D eigenvalue weighted by Crippen LogP contribution is 2.55. The van der Waals surface area contributed by atoms with Crippen molar-refractivity contribution in [2.24, 2.45) is 28.8 Å². The summed E-state index contributed by atoms with van der Waals surface area (Å²) < 4.78 is 23.6. The van der Waals surface area contributed by atoms with E-state index in [0.717, 1.165) is 5.56 Å². The fourth-order valence-electron chi connectivity index (χ4n) is 7.93. The van der Waals surface area contributed by atoms with Gasteiger partial charge in [-0.15, -0.1) is 0 Å². The van der Waals surface area contributed by atoms with Gasteiger partial charge in [0.15, 0.2) is 5.75 Å². The van der Waals surface area contributed by atoms with Crippen molar-refractivity contribution in [1.82, 2.24) is 0 Å². The summed E-state index contributed by atoms with van der Waals surface area (Å²) in [6.45, 7) is 14.3. The number of rotatable bonds is 7. The monoisotopic (exact) mass is 870 g/mol. The average Bonchev–Trinajstić information content (AvgIpc) is 3.52. The minimum atomic E-state index is -2.07. The normalized spacial score (nSPS) is 27.3. The Morgan fingerprint density at radius 3 is 2.25 bits per heavy atom. The standard InChI is InChI=1S/C48H58N2O13/c1-24-15-14-16-25(2)47(58)49-38-33(20-19-26(3)50-61-23-32-17-12-11-13-18-32)42(55)35-36(43(38)56)41(54)30(7)45-37(35)46(57)48(9,63-45)60-22-21-34(59-10)27(4)44(62-31(8)51)29(6)40(53)28(5)39(24)52/h11-22,24,27-29,34,39-40,44,52-56H,23H2,1-10H3,(H,49,58). The first-order chi connectivity index (χ1) is 29.7. The summed E-state index contributed by atoms with van der Waals surface area (Å²) in [5.74, 6) is -8.59. The Bertz CT molecular complexity index is 2370. The fourth-order valence-corrected chi connectivity index (χ4v) is 7.93. The summed E-state index contributed by atoms with van der Waals surface area (Å²) in [7, 11) is 1.43. The summed E-state index contributed by atoms with van der Waals surface area (Å²) in [5, 5.41) is 64.8. The van der Waals surface area contributed by atoms with Crippen LogP contribution in [0.1, 0.15) is 82.4 Å². The number of allylic oxidation sites excluding steroid dienone is 3. The third-order valence-corrected chi connectivity index (χ3v) is 11.8. The quantitative estimate of drug-likeness (QED) is 0.0450. The van der Waals surface area contributed by atoms with Crippen molar-refractivity contribution in [3.63, 3.8) is 0 Å². The first-order valence-corrected chi connectivity index (χ1v) is 20.7. The molecule has 3 aliphatic rings. The first-order valence-electron chi connectivity index (χ1n) is 20.7. The SMILES string of the molecule is COC1C=COC2(C)Oc3c(C)c(O)c4c(O)c(c(C=CC(C)=NOCc5ccccc5)c(O)c4c3C2=O)NC(=O)C(C)=CC=CC(C)C(O)C(C)C(O)C(C)C(OC(C)=O)C1C. The molecule has 15 heteroatoms. The molecule has 0 spiro atoms. The number of oxime groups is 1. The van der Waals surface area contributed by atoms with E-state index in [1.807, 2.05) is 30.3 Å². The van der Waals surface area contributed by atoms with Gasteiger partial charge in [0.1, 0.15) is 30.0 Å². The lowest BCUT2D eigenvalue weighted by atomic mass is 9.78. The van der Waals surface area contributed by atoms with E-state index in [0.29, 0.717) is 5.71 Å². The number of benzene rings is 3. The third kappa shape index (κ3) is 10.1. The maximum Gasteiger partial charge on any atom is 0.312 e. The molecule has 0 radical (unpaired) electrons. The van der Waals surface area contributed by atoms with Gasteiger partial charge in [0.25, 0.3) is 11.7 Å². The van der Waals surface area contributed by atoms with E-state index in [2.05, 4.69) is 10.5 Å². The number of aliphatic hydroxyl groups excluding tert-OH is 2. The molecule has 0 aliphatic carbocycles. The molecule has 6 rings (SSSR count). The van der Waals surface area contributed by atoms with Gasteiger partial charge in [-0.2, -0.15) is 0 Å². The van der Waals surface area contributed by atoms with Gasteiger partial charge in [-0.1, -0.05) is 81.4 Å². The number of nitrogens with one attached hydrogen (secondary N) is 1. The molecule has 338 valence electrons. The third-order valence-electron chi connectivity index (χ3n) is 11.8. The molecule has 3 aromatic rings. The lowest BCUT2D eigenvalue weighted by Crippen LogP contribution is -2.46. The van der Waals surface area contributed by atoms with Gasteiger partial charge in [-0.3, -0.25) is 14.4 Å². The van der Waals surface area contributed by atoms with E-state index < -0.39 is 88.8 Å². The van der Waals surface area contributed by atoms with Crippen LogP contribution in [0, 0.1) is 30.6 Å². The van der Waals surface area contributed by atoms with Crippen LogP contribution in [0.15, 0.2) is 77.7 Å². The summed E-state index contributed by atoms with van der Waals surface area (Å²) in [6.07, 6.45) is 6.29. The second kappa shape index (κ2) is 19.9. The van der Waals surface area contributed by atoms with Crippen LogP contribution in [0.25, 0.3) is 16.8 Å². The average molecular weight is 871 g/mol. The van der Waals surface area contributed by atoms with Crippen LogP contribution in [-0.2, 0) is 35.2 Å². The van der Waals surface area contributed by atoms with Gasteiger partial charge >= 0.3 is 11.8 Å². The zero-order valence-electron chi connectivity index (χ0n) is 37.2. The molecule has 6 N–H and O–H groups in total. The number of esters is 1. The Morgan fingerprint density at radius 1 is 0.921 bits per heavy atom. The van der Waals surface area contributed by atoms with Crippen molar-refractivity contribution in [1.29, 1.82) is 0 Å². The lowest BCUT2D eigenvalue weighted by Gasteiger charge is -2.38. The minimum Gasteiger partial charge on any atom is -0.507 e. The van der Waals surface area contributed by atoms with Crippen LogP contribution in [0.4, 0.5) is 5.69 Å². The number of aliphatic hydroxyl groups is 2. The van der Waals surface area contributed by atoms with Crippen LogP contribution >= 0.6 is 0 Å². The summed E-state index contributed by atoms with van der Waals surface area (Å²) >= 11 is 0. The van der Waals surface area contributed by atoms with E-state index in [1.165, 1.54) is 65.4 Å². The highest BCUT2D eigenvalue weighted by Gasteiger charge is 2.50. The lowest BCUT2D eigenvalue weighted by molar-refractivity contribution is -0.160. The number of anilines is 1. The Hall–Kier alpha value is -6.16. The van der Waals surface area contributed by atoms with E-state index >= 15 is 0 Å². The predicted octanol–water partition coefficient (Wildman–Crippen LogP) is 7.36. The molecule has 5 bridgehead atoms. The maximum atomic E-state index is 14.5. The summed E-state index contributed by atoms with van der Waals surface area (Å²) in [6, 6.07) is 9.36. The summed E-state index contributed by atoms with van der Waals surface area (Å²) in [4.78, 5) is 46.2. The first kappa shape index (κ1) is 47.9. The molecular weight excluding hydrogens is 813 g/mol. The number of carbonyl (C=O) groups is 3. The van der Waals surface area contributed by atoms with Gasteiger partial charge in [-0.25, -0.2) is 0 Å². The van der Waals surface area contributed by atoms with Crippen LogP contribution in [-0.4, -0.2) is 86.2 Å². The number of Topliss-reactive ketones (excluding diaryl/α,β-unsaturated/α-hetero) is 1.